The van der Waals surface area contributed by atoms with Gasteiger partial charge in [0.25, 0.3) is 0 Å². The summed E-state index contributed by atoms with van der Waals surface area (Å²) in [6.45, 7) is 2.74. The Morgan fingerprint density at radius 1 is 1.65 bits per heavy atom. The van der Waals surface area contributed by atoms with Gasteiger partial charge in [0.15, 0.2) is 0 Å². The lowest BCUT2D eigenvalue weighted by molar-refractivity contribution is -0.143. The van der Waals surface area contributed by atoms with E-state index in [1.54, 1.807) is 18.0 Å². The molecule has 1 rings (SSSR count). The molecule has 1 unspecified atom stereocenters. The predicted octanol–water partition coefficient (Wildman–Crippen LogP) is 2.05. The van der Waals surface area contributed by atoms with Crippen molar-refractivity contribution in [3.8, 4) is 0 Å². The summed E-state index contributed by atoms with van der Waals surface area (Å²) in [5.41, 5.74) is 0. The van der Waals surface area contributed by atoms with Crippen molar-refractivity contribution in [1.29, 1.82) is 0 Å². The Morgan fingerprint density at radius 2 is 2.47 bits per heavy atom. The number of nitrogens with one attached hydrogen (secondary N) is 1. The van der Waals surface area contributed by atoms with E-state index in [1.165, 1.54) is 7.11 Å². The summed E-state index contributed by atoms with van der Waals surface area (Å²) in [7, 11) is 1.42. The van der Waals surface area contributed by atoms with Crippen LogP contribution in [0.5, 0.6) is 0 Å². The van der Waals surface area contributed by atoms with E-state index in [4.69, 9.17) is 9.15 Å². The van der Waals surface area contributed by atoms with Gasteiger partial charge in [-0.1, -0.05) is 6.92 Å². The summed E-state index contributed by atoms with van der Waals surface area (Å²) in [6.07, 6.45) is 2.44. The van der Waals surface area contributed by atoms with Crippen LogP contribution in [0.1, 0.15) is 19.1 Å². The zero-order chi connectivity index (χ0) is 12.5. The van der Waals surface area contributed by atoms with Crippen LogP contribution in [0.15, 0.2) is 22.8 Å². The van der Waals surface area contributed by atoms with Gasteiger partial charge in [0, 0.05) is 0 Å². The molecule has 17 heavy (non-hydrogen) atoms. The van der Waals surface area contributed by atoms with Crippen LogP contribution in [0, 0.1) is 0 Å². The van der Waals surface area contributed by atoms with Crippen LogP contribution in [-0.2, 0) is 15.3 Å². The third-order valence-corrected chi connectivity index (χ3v) is 3.32. The van der Waals surface area contributed by atoms with E-state index in [9.17, 15) is 4.79 Å². The number of likely N-dealkylation sites (N-methyl/N-ethyl adjacent to an activating group) is 1. The van der Waals surface area contributed by atoms with Gasteiger partial charge >= 0.3 is 5.97 Å². The smallest absolute Gasteiger partial charge is 0.322 e. The van der Waals surface area contributed by atoms with E-state index in [0.717, 1.165) is 30.2 Å². The molecule has 0 fully saturated rings. The minimum absolute atomic E-state index is 0.189. The number of hydrogen-bond acceptors (Lipinski definition) is 5. The van der Waals surface area contributed by atoms with Gasteiger partial charge in [-0.05, 0) is 30.9 Å². The number of esters is 1. The SMILES string of the molecule is CCNC(CCSCc1ccco1)C(=O)OC. The Hall–Kier alpha value is -0.940. The number of hydrogen-bond donors (Lipinski definition) is 1. The third-order valence-electron chi connectivity index (χ3n) is 2.31. The highest BCUT2D eigenvalue weighted by Gasteiger charge is 2.16. The molecule has 1 heterocycles. The fourth-order valence-corrected chi connectivity index (χ4v) is 2.37. The molecule has 5 heteroatoms. The monoisotopic (exact) mass is 257 g/mol. The molecule has 0 amide bonds. The molecule has 0 aliphatic heterocycles. The number of thioether (sulfide) groups is 1. The highest BCUT2D eigenvalue weighted by atomic mass is 32.2. The van der Waals surface area contributed by atoms with Gasteiger partial charge in [0.1, 0.15) is 11.8 Å². The minimum Gasteiger partial charge on any atom is -0.468 e. The lowest BCUT2D eigenvalue weighted by Crippen LogP contribution is -2.37. The van der Waals surface area contributed by atoms with Gasteiger partial charge in [-0.3, -0.25) is 4.79 Å². The zero-order valence-electron chi connectivity index (χ0n) is 10.3. The minimum atomic E-state index is -0.200. The van der Waals surface area contributed by atoms with Gasteiger partial charge in [0.2, 0.25) is 0 Å². The van der Waals surface area contributed by atoms with Gasteiger partial charge in [-0.25, -0.2) is 0 Å². The Balaban J connectivity index is 2.20. The molecule has 0 aromatic carbocycles. The van der Waals surface area contributed by atoms with Gasteiger partial charge in [0.05, 0.1) is 19.1 Å². The Kier molecular flexibility index (Phi) is 6.81. The summed E-state index contributed by atoms with van der Waals surface area (Å²) >= 11 is 1.75. The molecule has 0 radical (unpaired) electrons. The first kappa shape index (κ1) is 14.1. The second-order valence-electron chi connectivity index (χ2n) is 3.55. The number of furan rings is 1. The van der Waals surface area contributed by atoms with Crippen molar-refractivity contribution in [2.75, 3.05) is 19.4 Å². The molecule has 0 saturated heterocycles. The van der Waals surface area contributed by atoms with E-state index in [-0.39, 0.29) is 12.0 Å². The topological polar surface area (TPSA) is 51.5 Å². The maximum atomic E-state index is 11.4. The first-order chi connectivity index (χ1) is 8.27. The first-order valence-electron chi connectivity index (χ1n) is 5.69. The Labute approximate surface area is 106 Å². The fraction of sp³-hybridized carbons (Fsp3) is 0.583. The third kappa shape index (κ3) is 5.28. The molecule has 4 nitrogen and oxygen atoms in total. The van der Waals surface area contributed by atoms with Crippen molar-refractivity contribution >= 4 is 17.7 Å². The van der Waals surface area contributed by atoms with Crippen molar-refractivity contribution in [1.82, 2.24) is 5.32 Å². The van der Waals surface area contributed by atoms with E-state index < -0.39 is 0 Å². The Morgan fingerprint density at radius 3 is 3.06 bits per heavy atom. The van der Waals surface area contributed by atoms with Crippen LogP contribution in [0.4, 0.5) is 0 Å². The van der Waals surface area contributed by atoms with E-state index >= 15 is 0 Å². The summed E-state index contributed by atoms with van der Waals surface area (Å²) in [4.78, 5) is 11.4. The summed E-state index contributed by atoms with van der Waals surface area (Å²) < 4.78 is 9.97. The number of rotatable bonds is 8. The first-order valence-corrected chi connectivity index (χ1v) is 6.84. The molecule has 1 atom stereocenters. The lowest BCUT2D eigenvalue weighted by Gasteiger charge is -2.14. The number of methoxy groups -OCH3 is 1. The molecule has 1 N–H and O–H groups in total. The molecular formula is C12H19NO3S. The molecule has 96 valence electrons. The summed E-state index contributed by atoms with van der Waals surface area (Å²) in [5, 5.41) is 3.12. The van der Waals surface area contributed by atoms with Crippen molar-refractivity contribution < 1.29 is 13.9 Å². The summed E-state index contributed by atoms with van der Waals surface area (Å²) in [6, 6.07) is 3.63. The average molecular weight is 257 g/mol. The van der Waals surface area contributed by atoms with Crippen molar-refractivity contribution in [2.45, 2.75) is 25.1 Å². The molecule has 0 aliphatic carbocycles. The molecule has 1 aromatic rings. The highest BCUT2D eigenvalue weighted by molar-refractivity contribution is 7.98. The van der Waals surface area contributed by atoms with Crippen LogP contribution in [0.25, 0.3) is 0 Å². The van der Waals surface area contributed by atoms with Gasteiger partial charge < -0.3 is 14.5 Å². The number of carbonyl (C=O) groups excluding carboxylic acids is 1. The largest absolute Gasteiger partial charge is 0.468 e. The molecule has 0 saturated carbocycles. The van der Waals surface area contributed by atoms with E-state index in [1.807, 2.05) is 19.1 Å². The quantitative estimate of drug-likeness (QED) is 0.570. The van der Waals surface area contributed by atoms with E-state index in [0.29, 0.717) is 0 Å². The fourth-order valence-electron chi connectivity index (χ4n) is 1.46. The highest BCUT2D eigenvalue weighted by Crippen LogP contribution is 2.14. The maximum absolute atomic E-state index is 11.4. The predicted molar refractivity (Wildman–Crippen MR) is 69.0 cm³/mol. The standard InChI is InChI=1S/C12H19NO3S/c1-3-13-11(12(14)15-2)6-8-17-9-10-5-4-7-16-10/h4-5,7,11,13H,3,6,8-9H2,1-2H3. The Bertz CT molecular complexity index is 314. The van der Waals surface area contributed by atoms with Crippen LogP contribution in [-0.4, -0.2) is 31.4 Å². The molecule has 1 aromatic heterocycles. The summed E-state index contributed by atoms with van der Waals surface area (Å²) in [5.74, 6) is 2.51. The van der Waals surface area contributed by atoms with Crippen LogP contribution in [0.2, 0.25) is 0 Å². The average Bonchev–Trinajstić information content (AvgIpc) is 2.85. The van der Waals surface area contributed by atoms with Crippen molar-refractivity contribution in [2.24, 2.45) is 0 Å². The normalized spacial score (nSPS) is 12.4. The van der Waals surface area contributed by atoms with Crippen LogP contribution in [0.3, 0.4) is 0 Å². The van der Waals surface area contributed by atoms with Crippen molar-refractivity contribution in [3.05, 3.63) is 24.2 Å². The molecule has 0 spiro atoms. The number of carbonyl (C=O) groups is 1. The maximum Gasteiger partial charge on any atom is 0.322 e. The molecular weight excluding hydrogens is 238 g/mol. The van der Waals surface area contributed by atoms with Gasteiger partial charge in [-0.2, -0.15) is 11.8 Å². The second-order valence-corrected chi connectivity index (χ2v) is 4.66. The zero-order valence-corrected chi connectivity index (χ0v) is 11.1. The second kappa shape index (κ2) is 8.20. The van der Waals surface area contributed by atoms with E-state index in [2.05, 4.69) is 5.32 Å². The van der Waals surface area contributed by atoms with Gasteiger partial charge in [-0.15, -0.1) is 0 Å². The van der Waals surface area contributed by atoms with Crippen LogP contribution < -0.4 is 5.32 Å². The number of ether oxygens (including phenoxy) is 1. The molecule has 0 bridgehead atoms. The van der Waals surface area contributed by atoms with Crippen LogP contribution >= 0.6 is 11.8 Å². The van der Waals surface area contributed by atoms with Crippen molar-refractivity contribution in [3.63, 3.8) is 0 Å². The molecule has 0 aliphatic rings. The lowest BCUT2D eigenvalue weighted by atomic mass is 10.2.